The molecule has 2 heterocycles. The van der Waals surface area contributed by atoms with Gasteiger partial charge in [-0.05, 0) is 13.3 Å². The minimum atomic E-state index is -0.718. The Morgan fingerprint density at radius 2 is 1.75 bits per heavy atom. The zero-order valence-electron chi connectivity index (χ0n) is 12.5. The first-order valence-corrected chi connectivity index (χ1v) is 7.07. The summed E-state index contributed by atoms with van der Waals surface area (Å²) >= 11 is 0. The van der Waals surface area contributed by atoms with Crippen molar-refractivity contribution in [2.75, 3.05) is 6.54 Å². The molecule has 0 saturated carbocycles. The normalized spacial score (nSPS) is 29.6. The molecule has 2 rings (SSSR count). The van der Waals surface area contributed by atoms with Crippen molar-refractivity contribution in [2.45, 2.75) is 52.6 Å². The van der Waals surface area contributed by atoms with Crippen LogP contribution in [0.4, 0.5) is 0 Å². The fourth-order valence-electron chi connectivity index (χ4n) is 2.66. The van der Waals surface area contributed by atoms with Crippen molar-refractivity contribution in [1.82, 2.24) is 9.80 Å². The second kappa shape index (κ2) is 6.63. The fourth-order valence-corrected chi connectivity index (χ4v) is 2.66. The molecule has 3 unspecified atom stereocenters. The summed E-state index contributed by atoms with van der Waals surface area (Å²) in [7, 11) is 0. The van der Waals surface area contributed by atoms with Crippen LogP contribution in [-0.2, 0) is 19.2 Å². The van der Waals surface area contributed by atoms with Crippen LogP contribution in [0.2, 0.25) is 0 Å². The largest absolute Gasteiger partial charge is 0.331 e. The Hall–Kier alpha value is -1.72. The van der Waals surface area contributed by atoms with Crippen LogP contribution in [-0.4, -0.2) is 52.4 Å². The number of imide groups is 1. The average molecular weight is 282 g/mol. The van der Waals surface area contributed by atoms with E-state index < -0.39 is 6.04 Å². The minimum Gasteiger partial charge on any atom is -0.331 e. The van der Waals surface area contributed by atoms with E-state index in [0.717, 1.165) is 4.90 Å². The van der Waals surface area contributed by atoms with Crippen molar-refractivity contribution < 1.29 is 19.2 Å². The Labute approximate surface area is 119 Å². The highest BCUT2D eigenvalue weighted by Gasteiger charge is 2.48. The summed E-state index contributed by atoms with van der Waals surface area (Å²) < 4.78 is 0. The van der Waals surface area contributed by atoms with Gasteiger partial charge in [-0.2, -0.15) is 0 Å². The standard InChI is InChI=1S/C12H16N2O4.C2H6/c1-7-5-10(16)14(11(7)17)9-6-8(2)13(3-4-15)12(9)18;1-2/h4,7-9H,3,5-6H2,1-2H3;1-2H3. The number of rotatable bonds is 3. The lowest BCUT2D eigenvalue weighted by Gasteiger charge is -2.21. The van der Waals surface area contributed by atoms with Gasteiger partial charge in [-0.3, -0.25) is 19.3 Å². The van der Waals surface area contributed by atoms with Gasteiger partial charge in [0.05, 0.1) is 6.54 Å². The van der Waals surface area contributed by atoms with E-state index in [9.17, 15) is 19.2 Å². The molecule has 0 N–H and O–H groups in total. The van der Waals surface area contributed by atoms with Gasteiger partial charge < -0.3 is 9.69 Å². The van der Waals surface area contributed by atoms with Crippen LogP contribution in [0.5, 0.6) is 0 Å². The average Bonchev–Trinajstić information content (AvgIpc) is 2.83. The molecule has 0 aromatic heterocycles. The first-order valence-electron chi connectivity index (χ1n) is 7.07. The van der Waals surface area contributed by atoms with E-state index in [0.29, 0.717) is 12.7 Å². The van der Waals surface area contributed by atoms with Crippen molar-refractivity contribution in [2.24, 2.45) is 5.92 Å². The first-order chi connectivity index (χ1) is 9.47. The third-order valence-electron chi connectivity index (χ3n) is 3.66. The van der Waals surface area contributed by atoms with Crippen LogP contribution >= 0.6 is 0 Å². The van der Waals surface area contributed by atoms with Gasteiger partial charge in [0.2, 0.25) is 17.7 Å². The maximum absolute atomic E-state index is 12.1. The molecule has 0 radical (unpaired) electrons. The van der Waals surface area contributed by atoms with Gasteiger partial charge in [-0.15, -0.1) is 0 Å². The lowest BCUT2D eigenvalue weighted by Crippen LogP contribution is -2.45. The molecule has 2 saturated heterocycles. The van der Waals surface area contributed by atoms with Gasteiger partial charge in [-0.1, -0.05) is 20.8 Å². The van der Waals surface area contributed by atoms with E-state index in [-0.39, 0.29) is 42.6 Å². The first kappa shape index (κ1) is 16.3. The van der Waals surface area contributed by atoms with E-state index in [2.05, 4.69) is 0 Å². The number of carbonyl (C=O) groups is 4. The van der Waals surface area contributed by atoms with Gasteiger partial charge >= 0.3 is 0 Å². The van der Waals surface area contributed by atoms with Gasteiger partial charge in [0.25, 0.3) is 0 Å². The number of nitrogens with zero attached hydrogens (tertiary/aromatic N) is 2. The molecule has 2 aliphatic rings. The van der Waals surface area contributed by atoms with E-state index in [1.165, 1.54) is 4.90 Å². The molecule has 3 atom stereocenters. The molecule has 0 aromatic rings. The van der Waals surface area contributed by atoms with Gasteiger partial charge in [-0.25, -0.2) is 0 Å². The highest BCUT2D eigenvalue weighted by Crippen LogP contribution is 2.29. The van der Waals surface area contributed by atoms with E-state index in [4.69, 9.17) is 0 Å². The van der Waals surface area contributed by atoms with Gasteiger partial charge in [0.15, 0.2) is 0 Å². The summed E-state index contributed by atoms with van der Waals surface area (Å²) in [5.74, 6) is -1.21. The van der Waals surface area contributed by atoms with Gasteiger partial charge in [0.1, 0.15) is 12.3 Å². The number of amides is 3. The van der Waals surface area contributed by atoms with Crippen LogP contribution in [0.1, 0.15) is 40.5 Å². The molecule has 0 aliphatic carbocycles. The molecule has 112 valence electrons. The Morgan fingerprint density at radius 1 is 1.15 bits per heavy atom. The predicted octanol–water partition coefficient (Wildman–Crippen LogP) is 0.596. The number of likely N-dealkylation sites (tertiary alicyclic amines) is 2. The summed E-state index contributed by atoms with van der Waals surface area (Å²) in [4.78, 5) is 48.8. The Balaban J connectivity index is 0.000000956. The third kappa shape index (κ3) is 2.73. The lowest BCUT2D eigenvalue weighted by molar-refractivity contribution is -0.148. The minimum absolute atomic E-state index is 0.0161. The van der Waals surface area contributed by atoms with Crippen molar-refractivity contribution in [3.05, 3.63) is 0 Å². The summed E-state index contributed by atoms with van der Waals surface area (Å²) in [6.45, 7) is 7.52. The molecular formula is C14H22N2O4. The second-order valence-electron chi connectivity index (χ2n) is 4.96. The SMILES string of the molecule is CC.CC1CC(=O)N(C2CC(C)N(CC=O)C2=O)C1=O. The van der Waals surface area contributed by atoms with Crippen molar-refractivity contribution in [3.8, 4) is 0 Å². The molecule has 0 bridgehead atoms. The Morgan fingerprint density at radius 3 is 2.20 bits per heavy atom. The highest BCUT2D eigenvalue weighted by atomic mass is 16.2. The molecule has 6 heteroatoms. The number of aldehydes is 1. The number of hydrogen-bond acceptors (Lipinski definition) is 4. The topological polar surface area (TPSA) is 74.8 Å². The monoisotopic (exact) mass is 282 g/mol. The molecule has 20 heavy (non-hydrogen) atoms. The molecule has 3 amide bonds. The van der Waals surface area contributed by atoms with Crippen molar-refractivity contribution >= 4 is 24.0 Å². The summed E-state index contributed by atoms with van der Waals surface area (Å²) in [5, 5.41) is 0. The van der Waals surface area contributed by atoms with E-state index >= 15 is 0 Å². The molecule has 0 aromatic carbocycles. The van der Waals surface area contributed by atoms with Crippen LogP contribution in [0.25, 0.3) is 0 Å². The van der Waals surface area contributed by atoms with Crippen molar-refractivity contribution in [1.29, 1.82) is 0 Å². The number of carbonyl (C=O) groups excluding carboxylic acids is 4. The quantitative estimate of drug-likeness (QED) is 0.561. The smallest absolute Gasteiger partial charge is 0.246 e. The van der Waals surface area contributed by atoms with Crippen LogP contribution in [0.15, 0.2) is 0 Å². The molecule has 0 spiro atoms. The Kier molecular flexibility index (Phi) is 5.42. The Bertz CT molecular complexity index is 421. The zero-order valence-corrected chi connectivity index (χ0v) is 12.5. The molecule has 2 aliphatic heterocycles. The van der Waals surface area contributed by atoms with Crippen LogP contribution in [0.3, 0.4) is 0 Å². The maximum atomic E-state index is 12.1. The summed E-state index contributed by atoms with van der Waals surface area (Å²) in [5.41, 5.74) is 0. The predicted molar refractivity (Wildman–Crippen MR) is 72.6 cm³/mol. The third-order valence-corrected chi connectivity index (χ3v) is 3.66. The van der Waals surface area contributed by atoms with Crippen LogP contribution < -0.4 is 0 Å². The zero-order chi connectivity index (χ0) is 15.4. The molecule has 6 nitrogen and oxygen atoms in total. The van der Waals surface area contributed by atoms with Crippen LogP contribution in [0, 0.1) is 5.92 Å². The maximum Gasteiger partial charge on any atom is 0.246 e. The highest BCUT2D eigenvalue weighted by molar-refractivity contribution is 6.07. The van der Waals surface area contributed by atoms with E-state index in [1.807, 2.05) is 20.8 Å². The van der Waals surface area contributed by atoms with E-state index in [1.54, 1.807) is 6.92 Å². The summed E-state index contributed by atoms with van der Waals surface area (Å²) in [6.07, 6.45) is 1.24. The number of hydrogen-bond donors (Lipinski definition) is 0. The molecular weight excluding hydrogens is 260 g/mol. The lowest BCUT2D eigenvalue weighted by atomic mass is 10.1. The summed E-state index contributed by atoms with van der Waals surface area (Å²) in [6, 6.07) is -0.839. The van der Waals surface area contributed by atoms with Gasteiger partial charge in [0, 0.05) is 18.4 Å². The van der Waals surface area contributed by atoms with Crippen molar-refractivity contribution in [3.63, 3.8) is 0 Å². The fraction of sp³-hybridized carbons (Fsp3) is 0.714. The molecule has 2 fully saturated rings. The second-order valence-corrected chi connectivity index (χ2v) is 4.96.